The van der Waals surface area contributed by atoms with E-state index in [0.29, 0.717) is 16.1 Å². The largest absolute Gasteiger partial charge is 0.711 e. The molecule has 0 aliphatic rings. The molecule has 2 atom stereocenters. The highest BCUT2D eigenvalue weighted by molar-refractivity contribution is 5.72. The quantitative estimate of drug-likeness (QED) is 0.623. The molecule has 0 amide bonds. The van der Waals surface area contributed by atoms with Crippen molar-refractivity contribution in [1.82, 2.24) is 4.57 Å². The average molecular weight is 226 g/mol. The summed E-state index contributed by atoms with van der Waals surface area (Å²) in [6.07, 6.45) is 2.07. The van der Waals surface area contributed by atoms with E-state index in [1.807, 2.05) is 13.8 Å². The lowest BCUT2D eigenvalue weighted by Crippen LogP contribution is -2.29. The second-order valence-electron chi connectivity index (χ2n) is 4.19. The highest BCUT2D eigenvalue weighted by atomic mass is 16.5. The number of carboxylic acids is 1. The number of imidazole rings is 1. The maximum absolute atomic E-state index is 11.4. The Morgan fingerprint density at radius 2 is 2.19 bits per heavy atom. The number of carbonyl (C=O) groups is 1. The molecule has 0 saturated carbocycles. The molecule has 0 unspecified atom stereocenters. The normalized spacial score (nSPS) is 14.8. The summed E-state index contributed by atoms with van der Waals surface area (Å²) in [7, 11) is 0. The van der Waals surface area contributed by atoms with Gasteiger partial charge < -0.3 is 10.3 Å². The highest BCUT2D eigenvalue weighted by Crippen LogP contribution is 2.23. The molecule has 1 heterocycles. The zero-order valence-corrected chi connectivity index (χ0v) is 10.1. The summed E-state index contributed by atoms with van der Waals surface area (Å²) in [5.74, 6) is -0.906. The molecule has 5 nitrogen and oxygen atoms in total. The van der Waals surface area contributed by atoms with Gasteiger partial charge in [0.25, 0.3) is 0 Å². The Morgan fingerprint density at radius 1 is 1.62 bits per heavy atom. The third-order valence-electron chi connectivity index (χ3n) is 3.21. The summed E-state index contributed by atoms with van der Waals surface area (Å²) in [6.45, 7) is 7.27. The van der Waals surface area contributed by atoms with Crippen molar-refractivity contribution in [1.29, 1.82) is 0 Å². The van der Waals surface area contributed by atoms with Crippen LogP contribution < -0.4 is 4.73 Å². The molecule has 0 saturated heterocycles. The fourth-order valence-corrected chi connectivity index (χ4v) is 1.77. The molecule has 0 aromatic carbocycles. The molecular weight excluding hydrogens is 208 g/mol. The van der Waals surface area contributed by atoms with E-state index in [1.165, 1.54) is 6.33 Å². The molecule has 0 spiro atoms. The van der Waals surface area contributed by atoms with Crippen LogP contribution in [-0.2, 0) is 4.79 Å². The molecule has 0 aliphatic heterocycles. The van der Waals surface area contributed by atoms with Gasteiger partial charge >= 0.3 is 5.97 Å². The number of nitrogens with zero attached hydrogens (tertiary/aromatic N) is 2. The van der Waals surface area contributed by atoms with Gasteiger partial charge in [-0.25, -0.2) is 14.1 Å². The first-order valence-corrected chi connectivity index (χ1v) is 5.40. The van der Waals surface area contributed by atoms with E-state index in [2.05, 4.69) is 0 Å². The standard InChI is InChI=1S/C11H18N2O3/c1-5-7(2)10(11(14)15)12-6-13(16)9(4)8(12)3/h6-7,10H,5H2,1-4H3,(H,14,15)/t7-,10+/m0/s1. The molecule has 1 aromatic heterocycles. The topological polar surface area (TPSA) is 69.2 Å². The zero-order chi connectivity index (χ0) is 12.5. The van der Waals surface area contributed by atoms with Crippen LogP contribution in [0.25, 0.3) is 0 Å². The summed E-state index contributed by atoms with van der Waals surface area (Å²) in [5.41, 5.74) is 1.26. The number of aliphatic carboxylic acids is 1. The molecule has 1 rings (SSSR count). The van der Waals surface area contributed by atoms with Gasteiger partial charge in [-0.15, -0.1) is 0 Å². The van der Waals surface area contributed by atoms with Gasteiger partial charge in [-0.1, -0.05) is 13.8 Å². The van der Waals surface area contributed by atoms with Gasteiger partial charge in [-0.05, 0) is 6.42 Å². The van der Waals surface area contributed by atoms with Crippen molar-refractivity contribution in [3.05, 3.63) is 22.9 Å². The molecule has 0 radical (unpaired) electrons. The summed E-state index contributed by atoms with van der Waals surface area (Å²) < 4.78 is 2.27. The molecule has 5 heteroatoms. The minimum absolute atomic E-state index is 0.0111. The summed E-state index contributed by atoms with van der Waals surface area (Å²) in [4.78, 5) is 11.2. The average Bonchev–Trinajstić information content (AvgIpc) is 2.46. The Morgan fingerprint density at radius 3 is 2.50 bits per heavy atom. The van der Waals surface area contributed by atoms with Crippen LogP contribution in [0.4, 0.5) is 0 Å². The van der Waals surface area contributed by atoms with Crippen molar-refractivity contribution >= 4 is 5.97 Å². The predicted octanol–water partition coefficient (Wildman–Crippen LogP) is 1.41. The number of rotatable bonds is 4. The molecule has 1 N–H and O–H groups in total. The zero-order valence-electron chi connectivity index (χ0n) is 10.1. The van der Waals surface area contributed by atoms with Crippen LogP contribution in [0.3, 0.4) is 0 Å². The Balaban J connectivity index is 3.21. The minimum Gasteiger partial charge on any atom is -0.711 e. The molecule has 1 aromatic rings. The molecule has 0 fully saturated rings. The van der Waals surface area contributed by atoms with Gasteiger partial charge in [0.1, 0.15) is 11.4 Å². The molecule has 16 heavy (non-hydrogen) atoms. The van der Waals surface area contributed by atoms with Gasteiger partial charge in [0.2, 0.25) is 6.33 Å². The van der Waals surface area contributed by atoms with Crippen molar-refractivity contribution in [3.8, 4) is 0 Å². The van der Waals surface area contributed by atoms with E-state index in [-0.39, 0.29) is 5.92 Å². The van der Waals surface area contributed by atoms with Gasteiger partial charge in [0.15, 0.2) is 6.04 Å². The lowest BCUT2D eigenvalue weighted by Gasteiger charge is -2.16. The molecule has 0 bridgehead atoms. The third-order valence-corrected chi connectivity index (χ3v) is 3.21. The number of aromatic nitrogens is 2. The Hall–Kier alpha value is -1.52. The second-order valence-corrected chi connectivity index (χ2v) is 4.19. The lowest BCUT2D eigenvalue weighted by molar-refractivity contribution is -0.611. The number of hydrogen-bond donors (Lipinski definition) is 1. The van der Waals surface area contributed by atoms with Crippen molar-refractivity contribution in [3.63, 3.8) is 0 Å². The van der Waals surface area contributed by atoms with Gasteiger partial charge in [-0.2, -0.15) is 0 Å². The van der Waals surface area contributed by atoms with E-state index in [4.69, 9.17) is 0 Å². The van der Waals surface area contributed by atoms with Crippen LogP contribution in [0.1, 0.15) is 37.7 Å². The van der Waals surface area contributed by atoms with Crippen molar-refractivity contribution in [2.24, 2.45) is 5.92 Å². The third kappa shape index (κ3) is 2.03. The van der Waals surface area contributed by atoms with Crippen LogP contribution in [0.5, 0.6) is 0 Å². The second kappa shape index (κ2) is 4.55. The van der Waals surface area contributed by atoms with E-state index < -0.39 is 12.0 Å². The first kappa shape index (κ1) is 12.5. The van der Waals surface area contributed by atoms with E-state index in [0.717, 1.165) is 6.42 Å². The van der Waals surface area contributed by atoms with Crippen LogP contribution in [0.2, 0.25) is 0 Å². The smallest absolute Gasteiger partial charge is 0.349 e. The van der Waals surface area contributed by atoms with Crippen LogP contribution in [0.15, 0.2) is 6.33 Å². The first-order chi connectivity index (χ1) is 7.40. The number of carboxylic acid groups (broad SMARTS) is 1. The fraction of sp³-hybridized carbons (Fsp3) is 0.636. The van der Waals surface area contributed by atoms with Crippen LogP contribution >= 0.6 is 0 Å². The van der Waals surface area contributed by atoms with Gasteiger partial charge in [0, 0.05) is 19.8 Å². The SMILES string of the molecule is CC[C@H](C)[C@H](C(=O)O)n1c[n+]([O-])c(C)c1C. The van der Waals surface area contributed by atoms with E-state index in [1.54, 1.807) is 18.4 Å². The van der Waals surface area contributed by atoms with Gasteiger partial charge in [-0.3, -0.25) is 0 Å². The fourth-order valence-electron chi connectivity index (χ4n) is 1.77. The van der Waals surface area contributed by atoms with Gasteiger partial charge in [0.05, 0.1) is 0 Å². The van der Waals surface area contributed by atoms with Crippen molar-refractivity contribution in [2.75, 3.05) is 0 Å². The van der Waals surface area contributed by atoms with E-state index in [9.17, 15) is 15.1 Å². The highest BCUT2D eigenvalue weighted by Gasteiger charge is 2.32. The monoisotopic (exact) mass is 226 g/mol. The summed E-state index contributed by atoms with van der Waals surface area (Å²) >= 11 is 0. The maximum Gasteiger partial charge on any atom is 0.349 e. The summed E-state index contributed by atoms with van der Waals surface area (Å²) in [5, 5.41) is 20.6. The predicted molar refractivity (Wildman–Crippen MR) is 59.0 cm³/mol. The molecule has 0 aliphatic carbocycles. The Kier molecular flexibility index (Phi) is 3.57. The Labute approximate surface area is 94.9 Å². The van der Waals surface area contributed by atoms with Crippen molar-refractivity contribution < 1.29 is 14.6 Å². The van der Waals surface area contributed by atoms with E-state index >= 15 is 0 Å². The summed E-state index contributed by atoms with van der Waals surface area (Å²) in [6, 6.07) is -0.668. The minimum atomic E-state index is -0.895. The number of hydrogen-bond acceptors (Lipinski definition) is 2. The molecule has 90 valence electrons. The Bertz CT molecular complexity index is 398. The first-order valence-electron chi connectivity index (χ1n) is 5.40. The molecular formula is C11H18N2O3. The van der Waals surface area contributed by atoms with Crippen molar-refractivity contribution in [2.45, 2.75) is 40.2 Å². The lowest BCUT2D eigenvalue weighted by atomic mass is 9.99. The van der Waals surface area contributed by atoms with Crippen LogP contribution in [0, 0.1) is 25.0 Å². The van der Waals surface area contributed by atoms with Crippen LogP contribution in [-0.4, -0.2) is 15.6 Å². The maximum atomic E-state index is 11.4.